The van der Waals surface area contributed by atoms with E-state index in [4.69, 9.17) is 11.5 Å². The molecular weight excluding hydrogens is 194 g/mol. The van der Waals surface area contributed by atoms with E-state index >= 15 is 0 Å². The highest BCUT2D eigenvalue weighted by Crippen LogP contribution is 2.17. The van der Waals surface area contributed by atoms with Gasteiger partial charge >= 0.3 is 0 Å². The lowest BCUT2D eigenvalue weighted by atomic mass is 9.93. The summed E-state index contributed by atoms with van der Waals surface area (Å²) in [7, 11) is 0. The summed E-state index contributed by atoms with van der Waals surface area (Å²) in [6.07, 6.45) is 4.35. The standard InChI is InChI=1S/C10H23N3O2/c1-10(2,13(14)15)8-9(12)6-4-3-5-7-11/h9H,3-8,11-12H2,1-2H3/t9-/m0/s1. The molecule has 0 rings (SSSR count). The fourth-order valence-corrected chi connectivity index (χ4v) is 1.55. The molecule has 0 aromatic heterocycles. The van der Waals surface area contributed by atoms with Crippen molar-refractivity contribution in [1.82, 2.24) is 0 Å². The van der Waals surface area contributed by atoms with Gasteiger partial charge < -0.3 is 11.5 Å². The molecule has 1 atom stereocenters. The van der Waals surface area contributed by atoms with Crippen LogP contribution in [0.2, 0.25) is 0 Å². The first-order chi connectivity index (χ1) is 6.90. The first-order valence-corrected chi connectivity index (χ1v) is 5.50. The Labute approximate surface area is 91.4 Å². The molecule has 0 aliphatic carbocycles. The Kier molecular flexibility index (Phi) is 6.43. The van der Waals surface area contributed by atoms with Crippen LogP contribution >= 0.6 is 0 Å². The Morgan fingerprint density at radius 1 is 1.33 bits per heavy atom. The van der Waals surface area contributed by atoms with Gasteiger partial charge in [0.25, 0.3) is 0 Å². The van der Waals surface area contributed by atoms with Crippen molar-refractivity contribution in [1.29, 1.82) is 0 Å². The predicted molar refractivity (Wildman–Crippen MR) is 61.2 cm³/mol. The van der Waals surface area contributed by atoms with Crippen molar-refractivity contribution >= 4 is 0 Å². The molecule has 5 nitrogen and oxygen atoms in total. The third-order valence-electron chi connectivity index (χ3n) is 2.54. The molecule has 0 saturated heterocycles. The zero-order valence-electron chi connectivity index (χ0n) is 9.74. The first-order valence-electron chi connectivity index (χ1n) is 5.50. The van der Waals surface area contributed by atoms with Gasteiger partial charge in [0.15, 0.2) is 0 Å². The number of nitrogens with zero attached hydrogens (tertiary/aromatic N) is 1. The van der Waals surface area contributed by atoms with Gasteiger partial charge in [0, 0.05) is 31.2 Å². The van der Waals surface area contributed by atoms with Crippen molar-refractivity contribution in [2.75, 3.05) is 6.54 Å². The molecule has 4 N–H and O–H groups in total. The number of rotatable bonds is 8. The topological polar surface area (TPSA) is 95.2 Å². The third kappa shape index (κ3) is 6.41. The molecule has 0 aromatic rings. The summed E-state index contributed by atoms with van der Waals surface area (Å²) in [4.78, 5) is 10.4. The van der Waals surface area contributed by atoms with Crippen molar-refractivity contribution in [3.05, 3.63) is 10.1 Å². The normalized spacial score (nSPS) is 13.9. The summed E-state index contributed by atoms with van der Waals surface area (Å²) in [5.41, 5.74) is 10.3. The van der Waals surface area contributed by atoms with E-state index in [9.17, 15) is 10.1 Å². The smallest absolute Gasteiger partial charge is 0.218 e. The van der Waals surface area contributed by atoms with Crippen LogP contribution < -0.4 is 11.5 Å². The maximum Gasteiger partial charge on any atom is 0.218 e. The van der Waals surface area contributed by atoms with E-state index in [0.717, 1.165) is 25.7 Å². The molecule has 0 aliphatic rings. The molecule has 0 aliphatic heterocycles. The van der Waals surface area contributed by atoms with Gasteiger partial charge in [0.1, 0.15) is 0 Å². The van der Waals surface area contributed by atoms with E-state index in [-0.39, 0.29) is 11.0 Å². The van der Waals surface area contributed by atoms with Gasteiger partial charge in [-0.3, -0.25) is 10.1 Å². The van der Waals surface area contributed by atoms with Crippen LogP contribution in [0.4, 0.5) is 0 Å². The lowest BCUT2D eigenvalue weighted by molar-refractivity contribution is -0.562. The van der Waals surface area contributed by atoms with E-state index in [1.807, 2.05) is 0 Å². The van der Waals surface area contributed by atoms with E-state index < -0.39 is 5.54 Å². The maximum absolute atomic E-state index is 10.7. The van der Waals surface area contributed by atoms with Crippen molar-refractivity contribution in [2.24, 2.45) is 11.5 Å². The van der Waals surface area contributed by atoms with Crippen molar-refractivity contribution in [3.8, 4) is 0 Å². The van der Waals surface area contributed by atoms with E-state index in [2.05, 4.69) is 0 Å². The molecule has 90 valence electrons. The lowest BCUT2D eigenvalue weighted by Crippen LogP contribution is -2.38. The summed E-state index contributed by atoms with van der Waals surface area (Å²) < 4.78 is 0. The van der Waals surface area contributed by atoms with Crippen molar-refractivity contribution < 1.29 is 4.92 Å². The number of hydrogen-bond acceptors (Lipinski definition) is 4. The average molecular weight is 217 g/mol. The van der Waals surface area contributed by atoms with Gasteiger partial charge in [0.2, 0.25) is 5.54 Å². The highest BCUT2D eigenvalue weighted by molar-refractivity contribution is 4.75. The van der Waals surface area contributed by atoms with Gasteiger partial charge in [-0.25, -0.2) is 0 Å². The predicted octanol–water partition coefficient (Wildman–Crippen LogP) is 1.28. The zero-order chi connectivity index (χ0) is 11.9. The van der Waals surface area contributed by atoms with Crippen molar-refractivity contribution in [2.45, 2.75) is 57.5 Å². The van der Waals surface area contributed by atoms with Gasteiger partial charge in [-0.05, 0) is 19.4 Å². The molecule has 5 heteroatoms. The summed E-state index contributed by atoms with van der Waals surface area (Å²) in [6.45, 7) is 3.94. The molecular formula is C10H23N3O2. The van der Waals surface area contributed by atoms with Crippen LogP contribution in [0.1, 0.15) is 46.0 Å². The summed E-state index contributed by atoms with van der Waals surface area (Å²) in [6, 6.07) is -0.0804. The second-order valence-corrected chi connectivity index (χ2v) is 4.67. The van der Waals surface area contributed by atoms with Crippen LogP contribution in [-0.2, 0) is 0 Å². The van der Waals surface area contributed by atoms with Crippen molar-refractivity contribution in [3.63, 3.8) is 0 Å². The Hall–Kier alpha value is -0.680. The van der Waals surface area contributed by atoms with Gasteiger partial charge in [-0.1, -0.05) is 12.8 Å². The molecule has 0 fully saturated rings. The second kappa shape index (κ2) is 6.74. The average Bonchev–Trinajstić information content (AvgIpc) is 2.11. The van der Waals surface area contributed by atoms with Gasteiger partial charge in [0.05, 0.1) is 0 Å². The summed E-state index contributed by atoms with van der Waals surface area (Å²) >= 11 is 0. The van der Waals surface area contributed by atoms with Crippen LogP contribution in [0.15, 0.2) is 0 Å². The Balaban J connectivity index is 3.73. The molecule has 0 aromatic carbocycles. The van der Waals surface area contributed by atoms with E-state index in [1.165, 1.54) is 0 Å². The van der Waals surface area contributed by atoms with Crippen LogP contribution in [0.5, 0.6) is 0 Å². The Morgan fingerprint density at radius 2 is 1.93 bits per heavy atom. The van der Waals surface area contributed by atoms with Gasteiger partial charge in [-0.15, -0.1) is 0 Å². The molecule has 0 bridgehead atoms. The fraction of sp³-hybridized carbons (Fsp3) is 1.00. The highest BCUT2D eigenvalue weighted by atomic mass is 16.6. The van der Waals surface area contributed by atoms with Crippen LogP contribution in [0, 0.1) is 10.1 Å². The number of nitrogens with two attached hydrogens (primary N) is 2. The minimum Gasteiger partial charge on any atom is -0.330 e. The van der Waals surface area contributed by atoms with Crippen LogP contribution in [0.3, 0.4) is 0 Å². The zero-order valence-corrected chi connectivity index (χ0v) is 9.74. The first kappa shape index (κ1) is 14.3. The molecule has 0 radical (unpaired) electrons. The molecule has 0 amide bonds. The Bertz CT molecular complexity index is 195. The minimum atomic E-state index is -0.909. The Morgan fingerprint density at radius 3 is 2.40 bits per heavy atom. The molecule has 15 heavy (non-hydrogen) atoms. The second-order valence-electron chi connectivity index (χ2n) is 4.67. The third-order valence-corrected chi connectivity index (χ3v) is 2.54. The largest absolute Gasteiger partial charge is 0.330 e. The van der Waals surface area contributed by atoms with E-state index in [0.29, 0.717) is 13.0 Å². The quantitative estimate of drug-likeness (QED) is 0.363. The van der Waals surface area contributed by atoms with E-state index in [1.54, 1.807) is 13.8 Å². The van der Waals surface area contributed by atoms with Crippen LogP contribution in [0.25, 0.3) is 0 Å². The maximum atomic E-state index is 10.7. The summed E-state index contributed by atoms with van der Waals surface area (Å²) in [5.74, 6) is 0. The molecule has 0 unspecified atom stereocenters. The SMILES string of the molecule is CC(C)(C[C@@H](N)CCCCCN)[N+](=O)[O-]. The van der Waals surface area contributed by atoms with Gasteiger partial charge in [-0.2, -0.15) is 0 Å². The fourth-order valence-electron chi connectivity index (χ4n) is 1.55. The van der Waals surface area contributed by atoms with Crippen LogP contribution in [-0.4, -0.2) is 23.0 Å². The highest BCUT2D eigenvalue weighted by Gasteiger charge is 2.32. The number of hydrogen-bond donors (Lipinski definition) is 2. The minimum absolute atomic E-state index is 0.0804. The number of nitro groups is 1. The molecule has 0 saturated carbocycles. The summed E-state index contributed by atoms with van der Waals surface area (Å²) in [5, 5.41) is 10.7. The molecule has 0 heterocycles. The number of unbranched alkanes of at least 4 members (excludes halogenated alkanes) is 2. The lowest BCUT2D eigenvalue weighted by Gasteiger charge is -2.20. The molecule has 0 spiro atoms. The monoisotopic (exact) mass is 217 g/mol.